The number of methoxy groups -OCH3 is 1. The Labute approximate surface area is 264 Å². The number of amides is 3. The van der Waals surface area contributed by atoms with Gasteiger partial charge in [0.05, 0.1) is 52.7 Å². The summed E-state index contributed by atoms with van der Waals surface area (Å²) >= 11 is 0. The van der Waals surface area contributed by atoms with E-state index in [0.717, 1.165) is 36.8 Å². The second kappa shape index (κ2) is 15.3. The minimum Gasteiger partial charge on any atom is -0.497 e. The molecule has 246 valence electrons. The largest absolute Gasteiger partial charge is 0.497 e. The van der Waals surface area contributed by atoms with Crippen molar-refractivity contribution in [3.63, 3.8) is 0 Å². The van der Waals surface area contributed by atoms with Crippen molar-refractivity contribution in [2.45, 2.75) is 69.2 Å². The Morgan fingerprint density at radius 2 is 1.67 bits per heavy atom. The summed E-state index contributed by atoms with van der Waals surface area (Å²) in [7, 11) is 1.58. The summed E-state index contributed by atoms with van der Waals surface area (Å²) in [5.41, 5.74) is 1.03. The van der Waals surface area contributed by atoms with Crippen molar-refractivity contribution in [3.05, 3.63) is 41.5 Å². The molecule has 4 atom stereocenters. The van der Waals surface area contributed by atoms with Crippen molar-refractivity contribution < 1.29 is 38.1 Å². The minimum absolute atomic E-state index is 0.150. The van der Waals surface area contributed by atoms with Gasteiger partial charge in [-0.1, -0.05) is 23.8 Å². The molecular weight excluding hydrogens is 580 g/mol. The Balaban J connectivity index is 1.32. The van der Waals surface area contributed by atoms with Crippen LogP contribution in [0, 0.1) is 5.92 Å². The van der Waals surface area contributed by atoms with Gasteiger partial charge in [-0.25, -0.2) is 0 Å². The second-order valence-electron chi connectivity index (χ2n) is 12.6. The summed E-state index contributed by atoms with van der Waals surface area (Å²) in [6.45, 7) is 5.26. The van der Waals surface area contributed by atoms with E-state index in [2.05, 4.69) is 22.0 Å². The van der Waals surface area contributed by atoms with E-state index in [1.165, 1.54) is 0 Å². The van der Waals surface area contributed by atoms with Crippen LogP contribution in [0.1, 0.15) is 44.6 Å². The number of carbonyl (C=O) groups is 4. The van der Waals surface area contributed by atoms with Crippen LogP contribution in [0.25, 0.3) is 0 Å². The number of benzene rings is 1. The fraction of sp³-hybridized carbons (Fsp3) is 0.636. The van der Waals surface area contributed by atoms with E-state index < -0.39 is 35.5 Å². The summed E-state index contributed by atoms with van der Waals surface area (Å²) in [6, 6.07) is 4.59. The molecular formula is C33H46N4O8. The number of rotatable bonds is 15. The molecule has 0 unspecified atom stereocenters. The van der Waals surface area contributed by atoms with Crippen molar-refractivity contribution in [1.29, 1.82) is 0 Å². The molecule has 0 spiro atoms. The number of morpholine rings is 1. The first-order valence-corrected chi connectivity index (χ1v) is 16.0. The molecule has 0 radical (unpaired) electrons. The van der Waals surface area contributed by atoms with Gasteiger partial charge in [0.1, 0.15) is 23.4 Å². The number of allylic oxidation sites excluding steroid dienone is 1. The van der Waals surface area contributed by atoms with Gasteiger partial charge >= 0.3 is 0 Å². The third-order valence-corrected chi connectivity index (χ3v) is 9.02. The van der Waals surface area contributed by atoms with Crippen LogP contribution in [-0.4, -0.2) is 112 Å². The Morgan fingerprint density at radius 1 is 0.956 bits per heavy atom. The van der Waals surface area contributed by atoms with E-state index in [0.29, 0.717) is 58.3 Å². The summed E-state index contributed by atoms with van der Waals surface area (Å²) < 4.78 is 21.5. The van der Waals surface area contributed by atoms with Crippen molar-refractivity contribution in [1.82, 2.24) is 20.9 Å². The number of epoxide rings is 1. The van der Waals surface area contributed by atoms with Gasteiger partial charge in [-0.2, -0.15) is 0 Å². The van der Waals surface area contributed by atoms with E-state index in [4.69, 9.17) is 18.9 Å². The van der Waals surface area contributed by atoms with Crippen LogP contribution >= 0.6 is 0 Å². The average molecular weight is 627 g/mol. The molecule has 3 aliphatic heterocycles. The molecule has 1 aromatic carbocycles. The number of hydrogen-bond donors (Lipinski definition) is 3. The van der Waals surface area contributed by atoms with Crippen molar-refractivity contribution in [3.8, 4) is 5.75 Å². The van der Waals surface area contributed by atoms with Crippen LogP contribution in [-0.2, 0) is 39.8 Å². The number of carbonyl (C=O) groups excluding carboxylic acids is 4. The van der Waals surface area contributed by atoms with Crippen molar-refractivity contribution >= 4 is 23.5 Å². The van der Waals surface area contributed by atoms with Crippen LogP contribution in [0.3, 0.4) is 0 Å². The fourth-order valence-corrected chi connectivity index (χ4v) is 5.95. The third-order valence-electron chi connectivity index (χ3n) is 9.02. The Hall–Kier alpha value is -3.32. The van der Waals surface area contributed by atoms with Gasteiger partial charge < -0.3 is 34.9 Å². The maximum atomic E-state index is 14.0. The molecule has 1 aliphatic carbocycles. The van der Waals surface area contributed by atoms with Gasteiger partial charge in [0, 0.05) is 25.4 Å². The Bertz CT molecular complexity index is 1240. The predicted molar refractivity (Wildman–Crippen MR) is 165 cm³/mol. The van der Waals surface area contributed by atoms with Crippen LogP contribution in [0.15, 0.2) is 35.9 Å². The highest BCUT2D eigenvalue weighted by molar-refractivity contribution is 5.98. The molecule has 3 N–H and O–H groups in total. The quantitative estimate of drug-likeness (QED) is 0.191. The molecule has 3 heterocycles. The molecule has 12 heteroatoms. The molecule has 45 heavy (non-hydrogen) atoms. The topological polar surface area (TPSA) is 148 Å². The molecule has 3 fully saturated rings. The molecule has 3 saturated heterocycles. The summed E-state index contributed by atoms with van der Waals surface area (Å²) in [6.07, 6.45) is 6.75. The molecule has 4 aliphatic rings. The van der Waals surface area contributed by atoms with E-state index >= 15 is 0 Å². The average Bonchev–Trinajstić information content (AvgIpc) is 3.78. The van der Waals surface area contributed by atoms with Gasteiger partial charge in [0.2, 0.25) is 17.7 Å². The van der Waals surface area contributed by atoms with Gasteiger partial charge in [0.25, 0.3) is 0 Å². The smallest absolute Gasteiger partial charge is 0.243 e. The lowest BCUT2D eigenvalue weighted by Gasteiger charge is -2.35. The number of nitrogens with zero attached hydrogens (tertiary/aromatic N) is 1. The zero-order chi connectivity index (χ0) is 31.8. The second-order valence-corrected chi connectivity index (χ2v) is 12.6. The van der Waals surface area contributed by atoms with Crippen molar-refractivity contribution in [2.75, 3.05) is 59.8 Å². The van der Waals surface area contributed by atoms with Gasteiger partial charge in [-0.05, 0) is 56.7 Å². The fourth-order valence-electron chi connectivity index (χ4n) is 5.95. The van der Waals surface area contributed by atoms with E-state index in [9.17, 15) is 19.2 Å². The third kappa shape index (κ3) is 9.12. The lowest BCUT2D eigenvalue weighted by Crippen LogP contribution is -2.61. The summed E-state index contributed by atoms with van der Waals surface area (Å²) in [5, 5.41) is 8.77. The molecule has 0 saturated carbocycles. The van der Waals surface area contributed by atoms with E-state index in [-0.39, 0.29) is 30.6 Å². The highest BCUT2D eigenvalue weighted by Crippen LogP contribution is 2.31. The monoisotopic (exact) mass is 626 g/mol. The lowest BCUT2D eigenvalue weighted by atomic mass is 9.89. The number of ether oxygens (including phenoxy) is 4. The van der Waals surface area contributed by atoms with Gasteiger partial charge in [-0.15, -0.1) is 0 Å². The van der Waals surface area contributed by atoms with Crippen molar-refractivity contribution in [2.24, 2.45) is 5.92 Å². The summed E-state index contributed by atoms with van der Waals surface area (Å²) in [4.78, 5) is 56.3. The number of ketones is 1. The highest BCUT2D eigenvalue weighted by atomic mass is 16.6. The van der Waals surface area contributed by atoms with E-state index in [1.54, 1.807) is 26.2 Å². The maximum absolute atomic E-state index is 14.0. The first-order chi connectivity index (χ1) is 21.7. The molecule has 0 bridgehead atoms. The zero-order valence-electron chi connectivity index (χ0n) is 26.3. The number of Topliss-reactive ketones (excluding diaryl/α,β-unsaturated/α-hetero) is 1. The van der Waals surface area contributed by atoms with Gasteiger partial charge in [-0.3, -0.25) is 24.1 Å². The van der Waals surface area contributed by atoms with Crippen LogP contribution < -0.4 is 20.7 Å². The molecule has 3 amide bonds. The van der Waals surface area contributed by atoms with E-state index in [1.807, 2.05) is 17.0 Å². The van der Waals surface area contributed by atoms with Crippen LogP contribution in [0.5, 0.6) is 5.75 Å². The number of hydrogen-bond acceptors (Lipinski definition) is 9. The number of nitrogens with one attached hydrogen (secondary N) is 3. The predicted octanol–water partition coefficient (Wildman–Crippen LogP) is 0.919. The SMILES string of the molecule is COc1ccc(C[C@H](NC(=O)[C@@H](NC(=O)CN2CCOCC2)C2COC2)C(=O)N[C@@H](CC2=CCCCC2)C(=O)[C@@]2(C)CO2)cc1. The lowest BCUT2D eigenvalue weighted by molar-refractivity contribution is -0.139. The zero-order valence-corrected chi connectivity index (χ0v) is 26.3. The maximum Gasteiger partial charge on any atom is 0.243 e. The minimum atomic E-state index is -1.01. The van der Waals surface area contributed by atoms with Crippen LogP contribution in [0.2, 0.25) is 0 Å². The first kappa shape index (κ1) is 33.1. The standard InChI is InChI=1S/C33H46N4O8/c1-33(21-45-33)30(39)26(16-22-6-4-3-5-7-22)34-31(40)27(17-23-8-10-25(42-2)11-9-23)35-32(41)29(24-19-44-20-24)36-28(38)18-37-12-14-43-15-13-37/h6,8-11,24,26-27,29H,3-5,7,12-21H2,1-2H3,(H,34,40)(H,35,41)(H,36,38)/t26-,27-,29-,33+/m0/s1. The highest BCUT2D eigenvalue weighted by Gasteiger charge is 2.50. The molecule has 12 nitrogen and oxygen atoms in total. The normalized spacial score (nSPS) is 23.8. The van der Waals surface area contributed by atoms with Gasteiger partial charge in [0.15, 0.2) is 5.78 Å². The summed E-state index contributed by atoms with van der Waals surface area (Å²) in [5.74, 6) is -0.936. The Morgan fingerprint density at radius 3 is 2.27 bits per heavy atom. The first-order valence-electron chi connectivity index (χ1n) is 16.0. The molecule has 1 aromatic rings. The molecule has 5 rings (SSSR count). The van der Waals surface area contributed by atoms with Crippen LogP contribution in [0.4, 0.5) is 0 Å². The Kier molecular flexibility index (Phi) is 11.2. The molecule has 0 aromatic heterocycles.